The second kappa shape index (κ2) is 7.29. The van der Waals surface area contributed by atoms with Crippen LogP contribution in [0.15, 0.2) is 61.2 Å². The van der Waals surface area contributed by atoms with Crippen molar-refractivity contribution in [2.45, 2.75) is 13.3 Å². The minimum atomic E-state index is -0.0369. The molecule has 0 aliphatic heterocycles. The van der Waals surface area contributed by atoms with Crippen LogP contribution in [0.3, 0.4) is 0 Å². The van der Waals surface area contributed by atoms with Crippen LogP contribution in [0, 0.1) is 6.92 Å². The van der Waals surface area contributed by atoms with Crippen molar-refractivity contribution < 1.29 is 9.53 Å². The molecule has 0 radical (unpaired) electrons. The first-order valence-electron chi connectivity index (χ1n) is 6.87. The van der Waals surface area contributed by atoms with E-state index in [1.54, 1.807) is 12.1 Å². The molecule has 0 saturated heterocycles. The quantitative estimate of drug-likeness (QED) is 0.819. The Morgan fingerprint density at radius 1 is 1.24 bits per heavy atom. The molecule has 0 aromatic heterocycles. The Hall–Kier alpha value is -2.55. The third-order valence-electron chi connectivity index (χ3n) is 3.10. The summed E-state index contributed by atoms with van der Waals surface area (Å²) in [4.78, 5) is 12.1. The van der Waals surface area contributed by atoms with Crippen molar-refractivity contribution in [3.63, 3.8) is 0 Å². The zero-order chi connectivity index (χ0) is 15.1. The second-order valence-electron chi connectivity index (χ2n) is 4.78. The molecule has 0 heterocycles. The van der Waals surface area contributed by atoms with E-state index in [0.29, 0.717) is 18.8 Å². The second-order valence-corrected chi connectivity index (χ2v) is 4.78. The molecule has 3 heteroatoms. The average Bonchev–Trinajstić information content (AvgIpc) is 2.48. The standard InChI is InChI=1S/C18H19NO2/c1-3-11-21-17-10-6-9-16(13-17)19-18(20)12-15-8-5-4-7-14(15)2/h3-10,13H,1,11-12H2,2H3,(H,19,20). The van der Waals surface area contributed by atoms with E-state index in [-0.39, 0.29) is 5.91 Å². The number of carbonyl (C=O) groups is 1. The third kappa shape index (κ3) is 4.49. The van der Waals surface area contributed by atoms with Crippen LogP contribution in [0.2, 0.25) is 0 Å². The normalized spacial score (nSPS) is 9.95. The van der Waals surface area contributed by atoms with Gasteiger partial charge in [0.05, 0.1) is 6.42 Å². The molecule has 1 N–H and O–H groups in total. The van der Waals surface area contributed by atoms with Gasteiger partial charge in [0.2, 0.25) is 5.91 Å². The van der Waals surface area contributed by atoms with Crippen LogP contribution in [0.1, 0.15) is 11.1 Å². The highest BCUT2D eigenvalue weighted by Gasteiger charge is 2.06. The van der Waals surface area contributed by atoms with Gasteiger partial charge < -0.3 is 10.1 Å². The topological polar surface area (TPSA) is 38.3 Å². The molecule has 3 nitrogen and oxygen atoms in total. The number of hydrogen-bond donors (Lipinski definition) is 1. The van der Waals surface area contributed by atoms with Gasteiger partial charge in [0.15, 0.2) is 0 Å². The maximum atomic E-state index is 12.1. The van der Waals surface area contributed by atoms with E-state index < -0.39 is 0 Å². The first-order valence-corrected chi connectivity index (χ1v) is 6.87. The van der Waals surface area contributed by atoms with Crippen molar-refractivity contribution >= 4 is 11.6 Å². The summed E-state index contributed by atoms with van der Waals surface area (Å²) in [5.74, 6) is 0.675. The fraction of sp³-hybridized carbons (Fsp3) is 0.167. The van der Waals surface area contributed by atoms with Crippen LogP contribution in [0.25, 0.3) is 0 Å². The zero-order valence-corrected chi connectivity index (χ0v) is 12.1. The zero-order valence-electron chi connectivity index (χ0n) is 12.1. The minimum absolute atomic E-state index is 0.0369. The summed E-state index contributed by atoms with van der Waals surface area (Å²) in [6.07, 6.45) is 2.05. The lowest BCUT2D eigenvalue weighted by Gasteiger charge is -2.09. The highest BCUT2D eigenvalue weighted by atomic mass is 16.5. The van der Waals surface area contributed by atoms with Gasteiger partial charge in [-0.1, -0.05) is 43.0 Å². The molecule has 1 amide bonds. The molecule has 0 spiro atoms. The van der Waals surface area contributed by atoms with E-state index >= 15 is 0 Å². The molecule has 108 valence electrons. The molecule has 21 heavy (non-hydrogen) atoms. The number of amides is 1. The molecular formula is C18H19NO2. The van der Waals surface area contributed by atoms with Gasteiger partial charge in [0.25, 0.3) is 0 Å². The number of nitrogens with one attached hydrogen (secondary N) is 1. The van der Waals surface area contributed by atoms with Crippen LogP contribution < -0.4 is 10.1 Å². The molecular weight excluding hydrogens is 262 g/mol. The Labute approximate surface area is 125 Å². The molecule has 0 saturated carbocycles. The summed E-state index contributed by atoms with van der Waals surface area (Å²) in [6, 6.07) is 15.2. The number of rotatable bonds is 6. The number of aryl methyl sites for hydroxylation is 1. The fourth-order valence-corrected chi connectivity index (χ4v) is 2.01. The largest absolute Gasteiger partial charge is 0.489 e. The van der Waals surface area contributed by atoms with Crippen molar-refractivity contribution in [2.24, 2.45) is 0 Å². The Morgan fingerprint density at radius 2 is 2.05 bits per heavy atom. The van der Waals surface area contributed by atoms with E-state index in [9.17, 15) is 4.79 Å². The van der Waals surface area contributed by atoms with Crippen LogP contribution in [0.5, 0.6) is 5.75 Å². The maximum Gasteiger partial charge on any atom is 0.228 e. The minimum Gasteiger partial charge on any atom is -0.489 e. The summed E-state index contributed by atoms with van der Waals surface area (Å²) >= 11 is 0. The molecule has 0 aliphatic carbocycles. The van der Waals surface area contributed by atoms with E-state index in [0.717, 1.165) is 16.8 Å². The van der Waals surface area contributed by atoms with E-state index in [2.05, 4.69) is 11.9 Å². The van der Waals surface area contributed by atoms with Gasteiger partial charge in [0, 0.05) is 11.8 Å². The maximum absolute atomic E-state index is 12.1. The molecule has 2 aromatic carbocycles. The van der Waals surface area contributed by atoms with Crippen molar-refractivity contribution in [1.82, 2.24) is 0 Å². The smallest absolute Gasteiger partial charge is 0.228 e. The predicted molar refractivity (Wildman–Crippen MR) is 85.6 cm³/mol. The average molecular weight is 281 g/mol. The summed E-state index contributed by atoms with van der Waals surface area (Å²) < 4.78 is 5.45. The van der Waals surface area contributed by atoms with Gasteiger partial charge in [-0.25, -0.2) is 0 Å². The number of hydrogen-bond acceptors (Lipinski definition) is 2. The molecule has 0 unspecified atom stereocenters. The number of benzene rings is 2. The lowest BCUT2D eigenvalue weighted by Crippen LogP contribution is -2.15. The van der Waals surface area contributed by atoms with Crippen molar-refractivity contribution in [3.05, 3.63) is 72.3 Å². The van der Waals surface area contributed by atoms with Crippen molar-refractivity contribution in [2.75, 3.05) is 11.9 Å². The Bertz CT molecular complexity index is 635. The molecule has 0 bridgehead atoms. The Kier molecular flexibility index (Phi) is 5.16. The fourth-order valence-electron chi connectivity index (χ4n) is 2.01. The lowest BCUT2D eigenvalue weighted by molar-refractivity contribution is -0.115. The molecule has 0 atom stereocenters. The summed E-state index contributed by atoms with van der Waals surface area (Å²) in [5.41, 5.74) is 2.89. The Balaban J connectivity index is 1.99. The first-order chi connectivity index (χ1) is 10.2. The van der Waals surface area contributed by atoms with E-state index in [4.69, 9.17) is 4.74 Å². The van der Waals surface area contributed by atoms with Crippen LogP contribution in [-0.2, 0) is 11.2 Å². The van der Waals surface area contributed by atoms with Crippen LogP contribution >= 0.6 is 0 Å². The first kappa shape index (κ1) is 14.9. The van der Waals surface area contributed by atoms with Gasteiger partial charge in [-0.15, -0.1) is 0 Å². The van der Waals surface area contributed by atoms with Crippen LogP contribution in [0.4, 0.5) is 5.69 Å². The molecule has 0 fully saturated rings. The van der Waals surface area contributed by atoms with E-state index in [1.165, 1.54) is 0 Å². The monoisotopic (exact) mass is 281 g/mol. The lowest BCUT2D eigenvalue weighted by atomic mass is 10.1. The highest BCUT2D eigenvalue weighted by Crippen LogP contribution is 2.18. The number of ether oxygens (including phenoxy) is 1. The summed E-state index contributed by atoms with van der Waals surface area (Å²) in [5, 5.41) is 2.89. The third-order valence-corrected chi connectivity index (χ3v) is 3.10. The van der Waals surface area contributed by atoms with Crippen molar-refractivity contribution in [3.8, 4) is 5.75 Å². The summed E-state index contributed by atoms with van der Waals surface area (Å²) in [7, 11) is 0. The molecule has 0 aliphatic rings. The van der Waals surface area contributed by atoms with Gasteiger partial charge >= 0.3 is 0 Å². The van der Waals surface area contributed by atoms with Gasteiger partial charge in [-0.05, 0) is 30.2 Å². The Morgan fingerprint density at radius 3 is 2.81 bits per heavy atom. The number of anilines is 1. The van der Waals surface area contributed by atoms with E-state index in [1.807, 2.05) is 49.4 Å². The molecule has 2 aromatic rings. The van der Waals surface area contributed by atoms with Crippen molar-refractivity contribution in [1.29, 1.82) is 0 Å². The summed E-state index contributed by atoms with van der Waals surface area (Å²) in [6.45, 7) is 6.06. The van der Waals surface area contributed by atoms with Gasteiger partial charge in [0.1, 0.15) is 12.4 Å². The van der Waals surface area contributed by atoms with Crippen LogP contribution in [-0.4, -0.2) is 12.5 Å². The highest BCUT2D eigenvalue weighted by molar-refractivity contribution is 5.92. The van der Waals surface area contributed by atoms with Gasteiger partial charge in [-0.2, -0.15) is 0 Å². The number of carbonyl (C=O) groups excluding carboxylic acids is 1. The molecule has 2 rings (SSSR count). The predicted octanol–water partition coefficient (Wildman–Crippen LogP) is 3.74. The van der Waals surface area contributed by atoms with Gasteiger partial charge in [-0.3, -0.25) is 4.79 Å². The SMILES string of the molecule is C=CCOc1cccc(NC(=O)Cc2ccccc2C)c1.